The smallest absolute Gasteiger partial charge is 0.228 e. The summed E-state index contributed by atoms with van der Waals surface area (Å²) in [7, 11) is 0. The van der Waals surface area contributed by atoms with Crippen molar-refractivity contribution in [1.82, 2.24) is 9.88 Å². The number of pyridine rings is 1. The number of carbonyl (C=O) groups excluding carboxylic acids is 2. The van der Waals surface area contributed by atoms with Crippen LogP contribution in [0.2, 0.25) is 5.02 Å². The molecule has 3 aromatic rings. The van der Waals surface area contributed by atoms with Gasteiger partial charge in [-0.2, -0.15) is 0 Å². The Balaban J connectivity index is 1.17. The maximum Gasteiger partial charge on any atom is 0.228 e. The number of likely N-dealkylation sites (tertiary alicyclic amines) is 1. The monoisotopic (exact) mass is 421 g/mol. The topological polar surface area (TPSA) is 62.7 Å². The minimum absolute atomic E-state index is 0.00568. The molecule has 0 radical (unpaired) electrons. The predicted octanol–water partition coefficient (Wildman–Crippen LogP) is 3.53. The second-order valence-corrected chi connectivity index (χ2v) is 8.14. The van der Waals surface area contributed by atoms with E-state index in [2.05, 4.69) is 4.98 Å². The van der Waals surface area contributed by atoms with Crippen LogP contribution in [0.15, 0.2) is 60.7 Å². The van der Waals surface area contributed by atoms with Crippen molar-refractivity contribution in [1.29, 1.82) is 0 Å². The summed E-state index contributed by atoms with van der Waals surface area (Å²) >= 11 is 5.92. The lowest BCUT2D eigenvalue weighted by molar-refractivity contribution is -0.144. The van der Waals surface area contributed by atoms with Crippen molar-refractivity contribution in [2.24, 2.45) is 5.92 Å². The molecule has 0 bridgehead atoms. The normalized spacial score (nSPS) is 19.2. The average Bonchev–Trinajstić information content (AvgIpc) is 3.12. The summed E-state index contributed by atoms with van der Waals surface area (Å²) in [5, 5.41) is 1.68. The van der Waals surface area contributed by atoms with Crippen LogP contribution in [0.4, 0.5) is 5.69 Å². The van der Waals surface area contributed by atoms with Crippen LogP contribution in [0.5, 0.6) is 5.88 Å². The minimum Gasteiger partial charge on any atom is -0.471 e. The summed E-state index contributed by atoms with van der Waals surface area (Å²) in [6, 6.07) is 18.8. The van der Waals surface area contributed by atoms with Crippen molar-refractivity contribution in [2.45, 2.75) is 12.5 Å². The molecule has 2 aromatic carbocycles. The van der Waals surface area contributed by atoms with Crippen LogP contribution in [-0.4, -0.2) is 47.4 Å². The fourth-order valence-electron chi connectivity index (χ4n) is 3.98. The van der Waals surface area contributed by atoms with Crippen LogP contribution >= 0.6 is 11.6 Å². The number of hydrogen-bond acceptors (Lipinski definition) is 4. The molecule has 0 N–H and O–H groups in total. The van der Waals surface area contributed by atoms with Crippen LogP contribution in [0, 0.1) is 5.92 Å². The maximum absolute atomic E-state index is 12.8. The van der Waals surface area contributed by atoms with Crippen LogP contribution in [-0.2, 0) is 9.59 Å². The molecule has 1 atom stereocenters. The number of halogens is 1. The van der Waals surface area contributed by atoms with E-state index in [1.54, 1.807) is 34.1 Å². The van der Waals surface area contributed by atoms with Crippen molar-refractivity contribution < 1.29 is 14.3 Å². The zero-order chi connectivity index (χ0) is 20.7. The van der Waals surface area contributed by atoms with Gasteiger partial charge in [0.2, 0.25) is 17.7 Å². The molecule has 152 valence electrons. The largest absolute Gasteiger partial charge is 0.471 e. The number of rotatable bonds is 4. The van der Waals surface area contributed by atoms with Crippen LogP contribution in [0.25, 0.3) is 10.9 Å². The van der Waals surface area contributed by atoms with E-state index in [-0.39, 0.29) is 30.3 Å². The van der Waals surface area contributed by atoms with Gasteiger partial charge in [-0.15, -0.1) is 0 Å². The first-order valence-electron chi connectivity index (χ1n) is 9.94. The van der Waals surface area contributed by atoms with Gasteiger partial charge in [0, 0.05) is 35.1 Å². The Bertz CT molecular complexity index is 1110. The molecular formula is C23H20ClN3O3. The van der Waals surface area contributed by atoms with E-state index in [0.717, 1.165) is 16.6 Å². The molecule has 2 aliphatic heterocycles. The van der Waals surface area contributed by atoms with Gasteiger partial charge < -0.3 is 14.5 Å². The molecule has 0 aliphatic carbocycles. The number of hydrogen-bond donors (Lipinski definition) is 0. The highest BCUT2D eigenvalue weighted by Crippen LogP contribution is 2.29. The Kier molecular flexibility index (Phi) is 4.79. The zero-order valence-corrected chi connectivity index (χ0v) is 17.0. The molecule has 1 aromatic heterocycles. The molecule has 30 heavy (non-hydrogen) atoms. The van der Waals surface area contributed by atoms with Crippen LogP contribution in [0.1, 0.15) is 6.42 Å². The number of benzene rings is 2. The lowest BCUT2D eigenvalue weighted by Gasteiger charge is -2.39. The van der Waals surface area contributed by atoms with E-state index in [1.165, 1.54) is 0 Å². The first kappa shape index (κ1) is 18.9. The third kappa shape index (κ3) is 3.59. The van der Waals surface area contributed by atoms with Gasteiger partial charge in [0.25, 0.3) is 0 Å². The van der Waals surface area contributed by atoms with Crippen LogP contribution < -0.4 is 9.64 Å². The second-order valence-electron chi connectivity index (χ2n) is 7.71. The van der Waals surface area contributed by atoms with Crippen molar-refractivity contribution in [2.75, 3.05) is 24.5 Å². The molecule has 6 nitrogen and oxygen atoms in total. The minimum atomic E-state index is -0.326. The summed E-state index contributed by atoms with van der Waals surface area (Å²) in [5.41, 5.74) is 1.65. The molecule has 5 rings (SSSR count). The molecule has 2 fully saturated rings. The number of amides is 2. The Labute approximate surface area is 179 Å². The van der Waals surface area contributed by atoms with E-state index in [1.807, 2.05) is 36.4 Å². The van der Waals surface area contributed by atoms with Gasteiger partial charge in [0.1, 0.15) is 6.10 Å². The van der Waals surface area contributed by atoms with Gasteiger partial charge in [-0.3, -0.25) is 9.59 Å². The predicted molar refractivity (Wildman–Crippen MR) is 115 cm³/mol. The maximum atomic E-state index is 12.8. The van der Waals surface area contributed by atoms with E-state index >= 15 is 0 Å². The third-order valence-electron chi connectivity index (χ3n) is 5.63. The van der Waals surface area contributed by atoms with Gasteiger partial charge in [-0.05, 0) is 36.4 Å². The summed E-state index contributed by atoms with van der Waals surface area (Å²) in [5.74, 6) is 0.208. The van der Waals surface area contributed by atoms with Gasteiger partial charge in [-0.1, -0.05) is 29.8 Å². The third-order valence-corrected chi connectivity index (χ3v) is 5.88. The fourth-order valence-corrected chi connectivity index (χ4v) is 4.10. The van der Waals surface area contributed by atoms with E-state index in [0.29, 0.717) is 30.5 Å². The Morgan fingerprint density at radius 3 is 2.57 bits per heavy atom. The molecule has 2 saturated heterocycles. The molecular weight excluding hydrogens is 402 g/mol. The molecule has 0 saturated carbocycles. The lowest BCUT2D eigenvalue weighted by Crippen LogP contribution is -2.57. The van der Waals surface area contributed by atoms with Crippen LogP contribution in [0.3, 0.4) is 0 Å². The summed E-state index contributed by atoms with van der Waals surface area (Å²) in [4.78, 5) is 33.2. The van der Waals surface area contributed by atoms with Gasteiger partial charge in [0.15, 0.2) is 0 Å². The number of anilines is 1. The first-order chi connectivity index (χ1) is 14.6. The van der Waals surface area contributed by atoms with Crippen molar-refractivity contribution in [3.63, 3.8) is 0 Å². The number of carbonyl (C=O) groups is 2. The number of aromatic nitrogens is 1. The zero-order valence-electron chi connectivity index (χ0n) is 16.2. The quantitative estimate of drug-likeness (QED) is 0.646. The number of nitrogens with zero attached hydrogens (tertiary/aromatic N) is 3. The highest BCUT2D eigenvalue weighted by molar-refractivity contribution is 6.30. The molecule has 2 aliphatic rings. The highest BCUT2D eigenvalue weighted by atomic mass is 35.5. The van der Waals surface area contributed by atoms with E-state index in [9.17, 15) is 9.59 Å². The van der Waals surface area contributed by atoms with Crippen molar-refractivity contribution in [3.8, 4) is 5.88 Å². The SMILES string of the molecule is O=C(C1CC(=O)N(c2ccc(Cl)cc2)C1)N1CC(Oc2ccc3ccccc3n2)C1. The summed E-state index contributed by atoms with van der Waals surface area (Å²) in [6.07, 6.45) is 0.155. The first-order valence-corrected chi connectivity index (χ1v) is 10.3. The lowest BCUT2D eigenvalue weighted by atomic mass is 10.0. The second kappa shape index (κ2) is 7.61. The average molecular weight is 422 g/mol. The van der Waals surface area contributed by atoms with Gasteiger partial charge in [-0.25, -0.2) is 4.98 Å². The number of fused-ring (bicyclic) bond motifs is 1. The molecule has 2 amide bonds. The van der Waals surface area contributed by atoms with E-state index < -0.39 is 0 Å². The Hall–Kier alpha value is -3.12. The molecule has 0 spiro atoms. The van der Waals surface area contributed by atoms with Gasteiger partial charge in [0.05, 0.1) is 24.5 Å². The standard InChI is InChI=1S/C23H20ClN3O3/c24-17-6-8-18(9-7-17)27-12-16(11-22(27)28)23(29)26-13-19(14-26)30-21-10-5-15-3-1-2-4-20(15)25-21/h1-10,16,19H,11-14H2. The summed E-state index contributed by atoms with van der Waals surface area (Å²) < 4.78 is 5.93. The van der Waals surface area contributed by atoms with E-state index in [4.69, 9.17) is 16.3 Å². The Morgan fingerprint density at radius 1 is 1.00 bits per heavy atom. The molecule has 3 heterocycles. The molecule has 7 heteroatoms. The number of ether oxygens (including phenoxy) is 1. The highest BCUT2D eigenvalue weighted by Gasteiger charge is 2.41. The molecule has 1 unspecified atom stereocenters. The number of para-hydroxylation sites is 1. The Morgan fingerprint density at radius 2 is 1.77 bits per heavy atom. The van der Waals surface area contributed by atoms with Gasteiger partial charge >= 0.3 is 0 Å². The fraction of sp³-hybridized carbons (Fsp3) is 0.261. The summed E-state index contributed by atoms with van der Waals surface area (Å²) in [6.45, 7) is 1.42. The van der Waals surface area contributed by atoms with Crippen molar-refractivity contribution >= 4 is 40.0 Å². The van der Waals surface area contributed by atoms with Crippen molar-refractivity contribution in [3.05, 3.63) is 65.7 Å².